The van der Waals surface area contributed by atoms with Gasteiger partial charge in [0.05, 0.1) is 21.1 Å². The van der Waals surface area contributed by atoms with E-state index in [0.29, 0.717) is 26.7 Å². The molecule has 0 saturated heterocycles. The Hall–Kier alpha value is -1.57. The van der Waals surface area contributed by atoms with Gasteiger partial charge in [-0.05, 0) is 46.3 Å². The maximum absolute atomic E-state index is 8.67. The van der Waals surface area contributed by atoms with Crippen molar-refractivity contribution in [3.8, 4) is 17.7 Å². The summed E-state index contributed by atoms with van der Waals surface area (Å²) in [7, 11) is 0. The van der Waals surface area contributed by atoms with Gasteiger partial charge in [0.2, 0.25) is 5.88 Å². The number of ether oxygens (including phenoxy) is 1. The molecule has 17 heavy (non-hydrogen) atoms. The van der Waals surface area contributed by atoms with Crippen molar-refractivity contribution >= 4 is 27.5 Å². The van der Waals surface area contributed by atoms with Gasteiger partial charge in [-0.3, -0.25) is 0 Å². The lowest BCUT2D eigenvalue weighted by molar-refractivity contribution is 0.459. The minimum absolute atomic E-state index is 0.430. The SMILES string of the molecule is N#Cc1ccc(Oc2ncc(Cl)cc2Br)cc1. The Morgan fingerprint density at radius 3 is 2.59 bits per heavy atom. The number of benzene rings is 1. The van der Waals surface area contributed by atoms with Crippen LogP contribution >= 0.6 is 27.5 Å². The van der Waals surface area contributed by atoms with Crippen molar-refractivity contribution in [3.63, 3.8) is 0 Å². The van der Waals surface area contributed by atoms with E-state index in [9.17, 15) is 0 Å². The van der Waals surface area contributed by atoms with Gasteiger partial charge in [0.15, 0.2) is 0 Å². The zero-order valence-corrected chi connectivity index (χ0v) is 10.9. The average Bonchev–Trinajstić information content (AvgIpc) is 2.34. The first-order valence-corrected chi connectivity index (χ1v) is 5.85. The molecule has 2 aromatic rings. The number of halogens is 2. The molecule has 0 atom stereocenters. The molecule has 5 heteroatoms. The maximum Gasteiger partial charge on any atom is 0.233 e. The molecule has 0 spiro atoms. The van der Waals surface area contributed by atoms with E-state index in [1.807, 2.05) is 6.07 Å². The Kier molecular flexibility index (Phi) is 3.62. The van der Waals surface area contributed by atoms with Crippen LogP contribution in [0.15, 0.2) is 41.0 Å². The summed E-state index contributed by atoms with van der Waals surface area (Å²) in [5, 5.41) is 9.20. The summed E-state index contributed by atoms with van der Waals surface area (Å²) >= 11 is 9.08. The van der Waals surface area contributed by atoms with Gasteiger partial charge in [0.1, 0.15) is 5.75 Å². The molecule has 1 aromatic heterocycles. The number of pyridine rings is 1. The van der Waals surface area contributed by atoms with E-state index in [1.54, 1.807) is 30.3 Å². The summed E-state index contributed by atoms with van der Waals surface area (Å²) in [5.74, 6) is 1.04. The summed E-state index contributed by atoms with van der Waals surface area (Å²) in [6, 6.07) is 10.5. The minimum atomic E-state index is 0.430. The van der Waals surface area contributed by atoms with Gasteiger partial charge >= 0.3 is 0 Å². The molecule has 1 heterocycles. The van der Waals surface area contributed by atoms with E-state index < -0.39 is 0 Å². The zero-order chi connectivity index (χ0) is 12.3. The third-order valence-corrected chi connectivity index (χ3v) is 2.75. The molecular weight excluding hydrogens is 304 g/mol. The number of nitrogens with zero attached hydrogens (tertiary/aromatic N) is 2. The lowest BCUT2D eigenvalue weighted by Crippen LogP contribution is -1.89. The summed E-state index contributed by atoms with van der Waals surface area (Å²) in [4.78, 5) is 4.05. The molecule has 0 aliphatic carbocycles. The van der Waals surface area contributed by atoms with Crippen molar-refractivity contribution in [2.75, 3.05) is 0 Å². The first-order chi connectivity index (χ1) is 8.19. The van der Waals surface area contributed by atoms with Crippen molar-refractivity contribution in [1.82, 2.24) is 4.98 Å². The zero-order valence-electron chi connectivity index (χ0n) is 8.52. The van der Waals surface area contributed by atoms with E-state index >= 15 is 0 Å². The fourth-order valence-electron chi connectivity index (χ4n) is 1.19. The highest BCUT2D eigenvalue weighted by Crippen LogP contribution is 2.29. The predicted octanol–water partition coefficient (Wildman–Crippen LogP) is 4.16. The number of aromatic nitrogens is 1. The van der Waals surface area contributed by atoms with Gasteiger partial charge < -0.3 is 4.74 Å². The second kappa shape index (κ2) is 5.17. The molecule has 0 aliphatic heterocycles. The first kappa shape index (κ1) is 11.9. The van der Waals surface area contributed by atoms with Gasteiger partial charge in [0.25, 0.3) is 0 Å². The Labute approximate surface area is 112 Å². The molecule has 0 N–H and O–H groups in total. The molecule has 0 bridgehead atoms. The van der Waals surface area contributed by atoms with Crippen LogP contribution < -0.4 is 4.74 Å². The molecule has 0 unspecified atom stereocenters. The predicted molar refractivity (Wildman–Crippen MR) is 68.2 cm³/mol. The molecule has 84 valence electrons. The number of nitriles is 1. The second-order valence-electron chi connectivity index (χ2n) is 3.18. The smallest absolute Gasteiger partial charge is 0.233 e. The van der Waals surface area contributed by atoms with Crippen molar-refractivity contribution in [2.45, 2.75) is 0 Å². The Morgan fingerprint density at radius 2 is 2.00 bits per heavy atom. The fourth-order valence-corrected chi connectivity index (χ4v) is 1.91. The van der Waals surface area contributed by atoms with Crippen LogP contribution in [0.3, 0.4) is 0 Å². The molecule has 3 nitrogen and oxygen atoms in total. The maximum atomic E-state index is 8.67. The standard InChI is InChI=1S/C12H6BrClN2O/c13-11-5-9(14)7-16-12(11)17-10-3-1-8(6-15)2-4-10/h1-5,7H. The molecular formula is C12H6BrClN2O. The Bertz CT molecular complexity index is 578. The van der Waals surface area contributed by atoms with E-state index in [-0.39, 0.29) is 0 Å². The number of rotatable bonds is 2. The molecule has 0 fully saturated rings. The topological polar surface area (TPSA) is 45.9 Å². The fraction of sp³-hybridized carbons (Fsp3) is 0. The van der Waals surface area contributed by atoms with Crippen molar-refractivity contribution in [2.24, 2.45) is 0 Å². The highest BCUT2D eigenvalue weighted by molar-refractivity contribution is 9.10. The lowest BCUT2D eigenvalue weighted by atomic mass is 10.2. The lowest BCUT2D eigenvalue weighted by Gasteiger charge is -2.06. The second-order valence-corrected chi connectivity index (χ2v) is 4.47. The van der Waals surface area contributed by atoms with Crippen LogP contribution in [0.5, 0.6) is 11.6 Å². The Balaban J connectivity index is 2.23. The molecule has 0 amide bonds. The summed E-state index contributed by atoms with van der Waals surface area (Å²) < 4.78 is 6.21. The van der Waals surface area contributed by atoms with E-state index in [2.05, 4.69) is 20.9 Å². The van der Waals surface area contributed by atoms with E-state index in [1.165, 1.54) is 6.20 Å². The third kappa shape index (κ3) is 2.96. The van der Waals surface area contributed by atoms with Crippen molar-refractivity contribution in [1.29, 1.82) is 5.26 Å². The quantitative estimate of drug-likeness (QED) is 0.836. The van der Waals surface area contributed by atoms with Crippen LogP contribution in [-0.2, 0) is 0 Å². The number of hydrogen-bond acceptors (Lipinski definition) is 3. The average molecular weight is 310 g/mol. The van der Waals surface area contributed by atoms with Gasteiger partial charge in [-0.15, -0.1) is 0 Å². The summed E-state index contributed by atoms with van der Waals surface area (Å²) in [6.07, 6.45) is 1.51. The highest BCUT2D eigenvalue weighted by atomic mass is 79.9. The van der Waals surface area contributed by atoms with Crippen LogP contribution in [0.1, 0.15) is 5.56 Å². The molecule has 2 rings (SSSR count). The van der Waals surface area contributed by atoms with Crippen molar-refractivity contribution in [3.05, 3.63) is 51.6 Å². The summed E-state index contributed by atoms with van der Waals surface area (Å²) in [5.41, 5.74) is 0.584. The molecule has 0 radical (unpaired) electrons. The van der Waals surface area contributed by atoms with Crippen LogP contribution in [0.2, 0.25) is 5.02 Å². The Morgan fingerprint density at radius 1 is 1.29 bits per heavy atom. The highest BCUT2D eigenvalue weighted by Gasteiger charge is 2.05. The number of hydrogen-bond donors (Lipinski definition) is 0. The first-order valence-electron chi connectivity index (χ1n) is 4.68. The van der Waals surface area contributed by atoms with E-state index in [4.69, 9.17) is 21.6 Å². The molecule has 0 saturated carbocycles. The largest absolute Gasteiger partial charge is 0.438 e. The van der Waals surface area contributed by atoms with E-state index in [0.717, 1.165) is 0 Å². The monoisotopic (exact) mass is 308 g/mol. The summed E-state index contributed by atoms with van der Waals surface area (Å²) in [6.45, 7) is 0. The molecule has 1 aromatic carbocycles. The normalized spacial score (nSPS) is 9.71. The minimum Gasteiger partial charge on any atom is -0.438 e. The third-order valence-electron chi connectivity index (χ3n) is 1.97. The van der Waals surface area contributed by atoms with Crippen LogP contribution in [-0.4, -0.2) is 4.98 Å². The van der Waals surface area contributed by atoms with Crippen LogP contribution in [0, 0.1) is 11.3 Å². The van der Waals surface area contributed by atoms with Gasteiger partial charge in [0, 0.05) is 6.20 Å². The van der Waals surface area contributed by atoms with Crippen LogP contribution in [0.25, 0.3) is 0 Å². The van der Waals surface area contributed by atoms with Crippen LogP contribution in [0.4, 0.5) is 0 Å². The van der Waals surface area contributed by atoms with Gasteiger partial charge in [-0.2, -0.15) is 5.26 Å². The molecule has 0 aliphatic rings. The van der Waals surface area contributed by atoms with Crippen molar-refractivity contribution < 1.29 is 4.74 Å². The van der Waals surface area contributed by atoms with Gasteiger partial charge in [-0.1, -0.05) is 11.6 Å². The van der Waals surface area contributed by atoms with Gasteiger partial charge in [-0.25, -0.2) is 4.98 Å².